The Hall–Kier alpha value is -4.99. The minimum atomic E-state index is -0.438. The van der Waals surface area contributed by atoms with E-state index in [0.29, 0.717) is 28.2 Å². The molecule has 2 aromatic carbocycles. The maximum absolute atomic E-state index is 13.3. The van der Waals surface area contributed by atoms with Gasteiger partial charge < -0.3 is 4.40 Å². The van der Waals surface area contributed by atoms with Crippen LogP contribution in [-0.2, 0) is 11.3 Å². The maximum Gasteiger partial charge on any atom is 0.263 e. The van der Waals surface area contributed by atoms with Crippen LogP contribution in [0.15, 0.2) is 84.1 Å². The van der Waals surface area contributed by atoms with Crippen LogP contribution >= 0.6 is 0 Å². The van der Waals surface area contributed by atoms with Gasteiger partial charge in [-0.25, -0.2) is 9.82 Å². The Morgan fingerprint density at radius 1 is 1.03 bits per heavy atom. The number of aromatic nitrogens is 5. The molecule has 5 aromatic rings. The molecular weight excluding hydrogens is 461 g/mol. The van der Waals surface area contributed by atoms with Gasteiger partial charge in [-0.1, -0.05) is 36.4 Å². The zero-order valence-corrected chi connectivity index (χ0v) is 19.2. The zero-order chi connectivity index (χ0) is 25.1. The second kappa shape index (κ2) is 9.71. The van der Waals surface area contributed by atoms with Crippen molar-refractivity contribution < 1.29 is 14.0 Å². The quantitative estimate of drug-likeness (QED) is 0.218. The highest BCUT2D eigenvalue weighted by molar-refractivity contribution is 6.12. The summed E-state index contributed by atoms with van der Waals surface area (Å²) in [4.78, 5) is 26.8. The topological polar surface area (TPSA) is 107 Å². The summed E-state index contributed by atoms with van der Waals surface area (Å²) in [5.74, 6) is -0.679. The molecule has 178 valence electrons. The summed E-state index contributed by atoms with van der Waals surface area (Å²) in [6.07, 6.45) is 3.27. The standard InChI is InChI=1S/C26H20FN7O2/c1-17-21(15-28-29-23(35)16-34-31-26(30-32-34)19-7-3-2-4-8-19)22-9-5-6-14-33(22)24(17)25(36)18-10-12-20(27)13-11-18/h2-15H,16H2,1H3,(H,29,35). The van der Waals surface area contributed by atoms with Crippen molar-refractivity contribution in [2.45, 2.75) is 13.5 Å². The smallest absolute Gasteiger partial charge is 0.263 e. The lowest BCUT2D eigenvalue weighted by Crippen LogP contribution is -2.24. The van der Waals surface area contributed by atoms with E-state index in [9.17, 15) is 14.0 Å². The lowest BCUT2D eigenvalue weighted by molar-refractivity contribution is -0.122. The largest absolute Gasteiger partial charge is 0.313 e. The molecule has 0 saturated heterocycles. The number of fused-ring (bicyclic) bond motifs is 1. The second-order valence-corrected chi connectivity index (χ2v) is 7.98. The number of nitrogens with one attached hydrogen (secondary N) is 1. The van der Waals surface area contributed by atoms with Crippen LogP contribution in [0.1, 0.15) is 27.2 Å². The molecule has 5 rings (SSSR count). The summed E-state index contributed by atoms with van der Waals surface area (Å²) in [6, 6.07) is 20.2. The van der Waals surface area contributed by atoms with E-state index >= 15 is 0 Å². The first-order valence-electron chi connectivity index (χ1n) is 11.1. The number of tetrazole rings is 1. The second-order valence-electron chi connectivity index (χ2n) is 7.98. The van der Waals surface area contributed by atoms with E-state index in [0.717, 1.165) is 11.1 Å². The van der Waals surface area contributed by atoms with Crippen LogP contribution in [0.4, 0.5) is 4.39 Å². The molecule has 0 atom stereocenters. The van der Waals surface area contributed by atoms with Gasteiger partial charge in [0, 0.05) is 22.9 Å². The molecule has 0 bridgehead atoms. The van der Waals surface area contributed by atoms with Gasteiger partial charge in [-0.3, -0.25) is 9.59 Å². The number of nitrogens with zero attached hydrogens (tertiary/aromatic N) is 6. The summed E-state index contributed by atoms with van der Waals surface area (Å²) in [7, 11) is 0. The van der Waals surface area contributed by atoms with Gasteiger partial charge in [0.15, 0.2) is 0 Å². The fourth-order valence-corrected chi connectivity index (χ4v) is 3.88. The summed E-state index contributed by atoms with van der Waals surface area (Å²) in [6.45, 7) is 1.64. The monoisotopic (exact) mass is 481 g/mol. The van der Waals surface area contributed by atoms with Crippen molar-refractivity contribution in [3.63, 3.8) is 0 Å². The van der Waals surface area contributed by atoms with Crippen molar-refractivity contribution in [2.75, 3.05) is 0 Å². The summed E-state index contributed by atoms with van der Waals surface area (Å²) >= 11 is 0. The molecule has 0 spiro atoms. The highest BCUT2D eigenvalue weighted by Crippen LogP contribution is 2.24. The van der Waals surface area contributed by atoms with E-state index < -0.39 is 11.7 Å². The van der Waals surface area contributed by atoms with Gasteiger partial charge in [0.1, 0.15) is 12.4 Å². The van der Waals surface area contributed by atoms with Crippen LogP contribution in [0, 0.1) is 12.7 Å². The van der Waals surface area contributed by atoms with Crippen LogP contribution in [-0.4, -0.2) is 42.5 Å². The minimum absolute atomic E-state index is 0.166. The SMILES string of the molecule is Cc1c(C=NNC(=O)Cn2nnc(-c3ccccc3)n2)c2ccccn2c1C(=O)c1ccc(F)cc1. The van der Waals surface area contributed by atoms with Gasteiger partial charge in [-0.2, -0.15) is 9.90 Å². The number of carbonyl (C=O) groups excluding carboxylic acids is 2. The van der Waals surface area contributed by atoms with Crippen molar-refractivity contribution in [3.05, 3.63) is 107 Å². The Kier molecular flexibility index (Phi) is 6.14. The fourth-order valence-electron chi connectivity index (χ4n) is 3.88. The van der Waals surface area contributed by atoms with Gasteiger partial charge in [0.2, 0.25) is 11.6 Å². The minimum Gasteiger partial charge on any atom is -0.313 e. The van der Waals surface area contributed by atoms with E-state index in [4.69, 9.17) is 0 Å². The predicted octanol–water partition coefficient (Wildman–Crippen LogP) is 3.42. The van der Waals surface area contributed by atoms with Crippen LogP contribution < -0.4 is 5.43 Å². The molecule has 0 unspecified atom stereocenters. The lowest BCUT2D eigenvalue weighted by atomic mass is 10.0. The van der Waals surface area contributed by atoms with Crippen molar-refractivity contribution in [3.8, 4) is 11.4 Å². The first-order valence-corrected chi connectivity index (χ1v) is 11.1. The molecule has 1 amide bonds. The van der Waals surface area contributed by atoms with Crippen molar-refractivity contribution in [2.24, 2.45) is 5.10 Å². The fraction of sp³-hybridized carbons (Fsp3) is 0.0769. The van der Waals surface area contributed by atoms with Gasteiger partial charge in [-0.15, -0.1) is 10.2 Å². The number of rotatable bonds is 7. The predicted molar refractivity (Wildman–Crippen MR) is 131 cm³/mol. The molecule has 0 aliphatic rings. The average molecular weight is 481 g/mol. The average Bonchev–Trinajstić information content (AvgIpc) is 3.47. The third kappa shape index (κ3) is 4.51. The molecule has 3 heterocycles. The number of halogens is 1. The normalized spacial score (nSPS) is 11.3. The van der Waals surface area contributed by atoms with Crippen LogP contribution in [0.2, 0.25) is 0 Å². The summed E-state index contributed by atoms with van der Waals surface area (Å²) < 4.78 is 15.1. The molecule has 1 N–H and O–H groups in total. The highest BCUT2D eigenvalue weighted by atomic mass is 19.1. The lowest BCUT2D eigenvalue weighted by Gasteiger charge is -2.04. The molecule has 0 saturated carbocycles. The van der Waals surface area contributed by atoms with E-state index in [-0.39, 0.29) is 12.3 Å². The summed E-state index contributed by atoms with van der Waals surface area (Å²) in [5, 5.41) is 16.2. The number of ketones is 1. The first-order chi connectivity index (χ1) is 17.5. The van der Waals surface area contributed by atoms with Gasteiger partial charge >= 0.3 is 0 Å². The highest BCUT2D eigenvalue weighted by Gasteiger charge is 2.21. The Morgan fingerprint density at radius 3 is 2.56 bits per heavy atom. The molecule has 0 aliphatic heterocycles. The van der Waals surface area contributed by atoms with Gasteiger partial charge in [-0.05, 0) is 54.1 Å². The van der Waals surface area contributed by atoms with E-state index in [1.807, 2.05) is 48.5 Å². The number of carbonyl (C=O) groups is 2. The van der Waals surface area contributed by atoms with Crippen molar-refractivity contribution >= 4 is 23.4 Å². The molecular formula is C26H20FN7O2. The zero-order valence-electron chi connectivity index (χ0n) is 19.2. The summed E-state index contributed by atoms with van der Waals surface area (Å²) in [5.41, 5.74) is 6.16. The number of hydrogen-bond acceptors (Lipinski definition) is 6. The Morgan fingerprint density at radius 2 is 1.78 bits per heavy atom. The molecule has 9 nitrogen and oxygen atoms in total. The first kappa shape index (κ1) is 22.8. The third-order valence-corrected chi connectivity index (χ3v) is 5.61. The van der Waals surface area contributed by atoms with E-state index in [2.05, 4.69) is 25.9 Å². The van der Waals surface area contributed by atoms with Crippen LogP contribution in [0.25, 0.3) is 16.9 Å². The maximum atomic E-state index is 13.3. The van der Waals surface area contributed by atoms with Gasteiger partial charge in [0.25, 0.3) is 5.91 Å². The third-order valence-electron chi connectivity index (χ3n) is 5.61. The van der Waals surface area contributed by atoms with Crippen molar-refractivity contribution in [1.82, 2.24) is 30.0 Å². The van der Waals surface area contributed by atoms with Gasteiger partial charge in [0.05, 0.1) is 17.4 Å². The van der Waals surface area contributed by atoms with Crippen LogP contribution in [0.5, 0.6) is 0 Å². The molecule has 10 heteroatoms. The molecule has 0 aliphatic carbocycles. The molecule has 0 radical (unpaired) electrons. The van der Waals surface area contributed by atoms with Crippen molar-refractivity contribution in [1.29, 1.82) is 0 Å². The Labute approximate surface area is 204 Å². The number of hydrogen-bond donors (Lipinski definition) is 1. The Balaban J connectivity index is 1.34. The number of hydrazone groups is 1. The molecule has 3 aromatic heterocycles. The van der Waals surface area contributed by atoms with E-state index in [1.54, 1.807) is 17.5 Å². The number of pyridine rings is 1. The Bertz CT molecular complexity index is 1590. The van der Waals surface area contributed by atoms with Crippen LogP contribution in [0.3, 0.4) is 0 Å². The molecule has 0 fully saturated rings. The molecule has 36 heavy (non-hydrogen) atoms. The van der Waals surface area contributed by atoms with E-state index in [1.165, 1.54) is 35.3 Å². The number of benzene rings is 2. The number of amides is 1.